The quantitative estimate of drug-likeness (QED) is 0.208. The van der Waals surface area contributed by atoms with Gasteiger partial charge in [0.25, 0.3) is 5.78 Å². The zero-order valence-corrected chi connectivity index (χ0v) is 12.4. The molecule has 0 heterocycles. The maximum absolute atomic E-state index is 12.0. The Labute approximate surface area is 124 Å². The van der Waals surface area contributed by atoms with Crippen LogP contribution in [0, 0.1) is 11.8 Å². The number of nitrogens with zero attached hydrogens (tertiary/aromatic N) is 3. The molecule has 0 bridgehead atoms. The second-order valence-corrected chi connectivity index (χ2v) is 4.37. The van der Waals surface area contributed by atoms with E-state index in [0.717, 1.165) is 5.71 Å². The fourth-order valence-corrected chi connectivity index (χ4v) is 1.63. The third kappa shape index (κ3) is 5.06. The Kier molecular flexibility index (Phi) is 6.59. The van der Waals surface area contributed by atoms with E-state index in [9.17, 15) is 4.79 Å². The van der Waals surface area contributed by atoms with Crippen LogP contribution in [0.2, 0.25) is 0 Å². The smallest absolute Gasteiger partial charge is 0.336 e. The van der Waals surface area contributed by atoms with Crippen molar-refractivity contribution >= 4 is 17.2 Å². The largest absolute Gasteiger partial charge is 0.399 e. The summed E-state index contributed by atoms with van der Waals surface area (Å²) in [4.78, 5) is 19.6. The SMILES string of the molecule is CO/N=C(\C)CCC#Cc1ccccc1C(=O)C(C)=[N+]=[N-]. The lowest BCUT2D eigenvalue weighted by Gasteiger charge is -1.98. The normalized spacial score (nSPS) is 10.1. The first-order valence-electron chi connectivity index (χ1n) is 6.48. The monoisotopic (exact) mass is 283 g/mol. The molecule has 5 nitrogen and oxygen atoms in total. The van der Waals surface area contributed by atoms with Gasteiger partial charge in [-0.2, -0.15) is 4.79 Å². The molecule has 0 N–H and O–H groups in total. The van der Waals surface area contributed by atoms with Crippen molar-refractivity contribution in [1.82, 2.24) is 0 Å². The third-order valence-corrected chi connectivity index (χ3v) is 2.73. The van der Waals surface area contributed by atoms with Crippen LogP contribution in [0.4, 0.5) is 0 Å². The highest BCUT2D eigenvalue weighted by molar-refractivity contribution is 6.43. The highest BCUT2D eigenvalue weighted by Crippen LogP contribution is 2.09. The van der Waals surface area contributed by atoms with Crippen molar-refractivity contribution in [2.45, 2.75) is 26.7 Å². The summed E-state index contributed by atoms with van der Waals surface area (Å²) in [6.07, 6.45) is 1.32. The average Bonchev–Trinajstić information content (AvgIpc) is 2.50. The number of ketones is 1. The lowest BCUT2D eigenvalue weighted by atomic mass is 10.0. The molecule has 0 atom stereocenters. The summed E-state index contributed by atoms with van der Waals surface area (Å²) in [5.41, 5.74) is 10.6. The second kappa shape index (κ2) is 8.47. The van der Waals surface area contributed by atoms with E-state index in [2.05, 4.69) is 26.6 Å². The molecule has 0 aliphatic rings. The van der Waals surface area contributed by atoms with E-state index >= 15 is 0 Å². The first-order chi connectivity index (χ1) is 10.1. The van der Waals surface area contributed by atoms with Crippen molar-refractivity contribution in [3.8, 4) is 11.8 Å². The molecule has 0 radical (unpaired) electrons. The summed E-state index contributed by atoms with van der Waals surface area (Å²) >= 11 is 0. The summed E-state index contributed by atoms with van der Waals surface area (Å²) in [5.74, 6) is 5.64. The van der Waals surface area contributed by atoms with Crippen LogP contribution in [0.25, 0.3) is 5.53 Å². The minimum atomic E-state index is -0.334. The topological polar surface area (TPSA) is 75.1 Å². The Morgan fingerprint density at radius 3 is 2.76 bits per heavy atom. The van der Waals surface area contributed by atoms with Crippen molar-refractivity contribution < 1.29 is 14.4 Å². The number of rotatable bonds is 5. The van der Waals surface area contributed by atoms with Crippen LogP contribution < -0.4 is 0 Å². The number of benzene rings is 1. The van der Waals surface area contributed by atoms with Gasteiger partial charge in [-0.1, -0.05) is 29.1 Å². The van der Waals surface area contributed by atoms with Crippen LogP contribution in [0.5, 0.6) is 0 Å². The van der Waals surface area contributed by atoms with Crippen molar-refractivity contribution in [3.63, 3.8) is 0 Å². The Balaban J connectivity index is 2.89. The van der Waals surface area contributed by atoms with Gasteiger partial charge in [-0.3, -0.25) is 4.79 Å². The van der Waals surface area contributed by atoms with Gasteiger partial charge in [0.05, 0.1) is 5.71 Å². The molecule has 108 valence electrons. The average molecular weight is 283 g/mol. The molecule has 0 amide bonds. The number of hydrogen-bond acceptors (Lipinski definition) is 3. The van der Waals surface area contributed by atoms with Crippen LogP contribution in [-0.2, 0) is 4.84 Å². The zero-order valence-electron chi connectivity index (χ0n) is 12.4. The molecule has 0 spiro atoms. The Bertz CT molecular complexity index is 660. The molecule has 0 aromatic heterocycles. The molecule has 0 saturated heterocycles. The number of Topliss-reactive ketones (excluding diaryl/α,β-unsaturated/α-hetero) is 1. The van der Waals surface area contributed by atoms with E-state index in [1.165, 1.54) is 14.0 Å². The molecular weight excluding hydrogens is 266 g/mol. The number of oxime groups is 1. The fraction of sp³-hybridized carbons (Fsp3) is 0.312. The van der Waals surface area contributed by atoms with Gasteiger partial charge in [0.1, 0.15) is 7.11 Å². The van der Waals surface area contributed by atoms with Crippen molar-refractivity contribution in [3.05, 3.63) is 40.9 Å². The summed E-state index contributed by atoms with van der Waals surface area (Å²) in [5, 5.41) is 3.80. The van der Waals surface area contributed by atoms with E-state index in [1.807, 2.05) is 13.0 Å². The molecule has 1 aromatic carbocycles. The molecule has 5 heteroatoms. The van der Waals surface area contributed by atoms with Crippen molar-refractivity contribution in [2.75, 3.05) is 7.11 Å². The van der Waals surface area contributed by atoms with Gasteiger partial charge >= 0.3 is 5.71 Å². The third-order valence-electron chi connectivity index (χ3n) is 2.73. The number of carbonyl (C=O) groups excluding carboxylic acids is 1. The lowest BCUT2D eigenvalue weighted by Crippen LogP contribution is -2.12. The van der Waals surface area contributed by atoms with E-state index in [4.69, 9.17) is 5.53 Å². The predicted molar refractivity (Wildman–Crippen MR) is 81.3 cm³/mol. The molecule has 0 aliphatic heterocycles. The first-order valence-corrected chi connectivity index (χ1v) is 6.48. The molecule has 0 aliphatic carbocycles. The van der Waals surface area contributed by atoms with Crippen LogP contribution >= 0.6 is 0 Å². The Hall–Kier alpha value is -2.70. The van der Waals surface area contributed by atoms with Crippen molar-refractivity contribution in [1.29, 1.82) is 0 Å². The van der Waals surface area contributed by atoms with Gasteiger partial charge in [0, 0.05) is 24.5 Å². The predicted octanol–water partition coefficient (Wildman–Crippen LogP) is 2.71. The summed E-state index contributed by atoms with van der Waals surface area (Å²) in [6, 6.07) is 6.99. The van der Waals surface area contributed by atoms with Crippen LogP contribution in [0.15, 0.2) is 29.4 Å². The summed E-state index contributed by atoms with van der Waals surface area (Å²) in [6.45, 7) is 3.32. The fourth-order valence-electron chi connectivity index (χ4n) is 1.63. The van der Waals surface area contributed by atoms with Gasteiger partial charge in [-0.05, 0) is 25.5 Å². The maximum atomic E-state index is 12.0. The molecule has 0 fully saturated rings. The van der Waals surface area contributed by atoms with Crippen molar-refractivity contribution in [2.24, 2.45) is 5.16 Å². The minimum Gasteiger partial charge on any atom is -0.399 e. The van der Waals surface area contributed by atoms with E-state index in [0.29, 0.717) is 24.0 Å². The van der Waals surface area contributed by atoms with Gasteiger partial charge in [-0.25, -0.2) is 0 Å². The second-order valence-electron chi connectivity index (χ2n) is 4.37. The summed E-state index contributed by atoms with van der Waals surface area (Å²) < 4.78 is 0. The van der Waals surface area contributed by atoms with Crippen LogP contribution in [0.3, 0.4) is 0 Å². The standard InChI is InChI=1S/C16H17N3O2/c1-12(19-21-3)8-4-5-9-14-10-6-7-11-15(14)16(20)13(2)18-17/h6-7,10-11H,4,8H2,1-3H3/b19-12+. The molecule has 0 saturated carbocycles. The Morgan fingerprint density at radius 1 is 1.38 bits per heavy atom. The van der Waals surface area contributed by atoms with Gasteiger partial charge < -0.3 is 10.4 Å². The molecule has 21 heavy (non-hydrogen) atoms. The van der Waals surface area contributed by atoms with E-state index < -0.39 is 0 Å². The minimum absolute atomic E-state index is 0.0346. The number of hydrogen-bond donors (Lipinski definition) is 0. The van der Waals surface area contributed by atoms with E-state index in [-0.39, 0.29) is 11.5 Å². The van der Waals surface area contributed by atoms with Gasteiger partial charge in [-0.15, -0.1) is 0 Å². The lowest BCUT2D eigenvalue weighted by molar-refractivity contribution is -0.00678. The van der Waals surface area contributed by atoms with E-state index in [1.54, 1.807) is 18.2 Å². The van der Waals surface area contributed by atoms with Gasteiger partial charge in [0.15, 0.2) is 0 Å². The highest BCUT2D eigenvalue weighted by atomic mass is 16.6. The first kappa shape index (κ1) is 16.4. The summed E-state index contributed by atoms with van der Waals surface area (Å²) in [7, 11) is 1.50. The van der Waals surface area contributed by atoms with Gasteiger partial charge in [0.2, 0.25) is 0 Å². The van der Waals surface area contributed by atoms with Crippen LogP contribution in [-0.4, -0.2) is 29.1 Å². The Morgan fingerprint density at radius 2 is 2.10 bits per heavy atom. The molecule has 1 aromatic rings. The highest BCUT2D eigenvalue weighted by Gasteiger charge is 2.18. The number of carbonyl (C=O) groups is 1. The maximum Gasteiger partial charge on any atom is 0.336 e. The molecule has 0 unspecified atom stereocenters. The molecule has 1 rings (SSSR count). The zero-order chi connectivity index (χ0) is 15.7. The molecular formula is C16H17N3O2. The van der Waals surface area contributed by atoms with Crippen LogP contribution in [0.1, 0.15) is 42.6 Å².